The van der Waals surface area contributed by atoms with E-state index in [9.17, 15) is 0 Å². The molecule has 0 aromatic heterocycles. The highest BCUT2D eigenvalue weighted by Crippen LogP contribution is 2.39. The van der Waals surface area contributed by atoms with Crippen molar-refractivity contribution in [3.63, 3.8) is 0 Å². The summed E-state index contributed by atoms with van der Waals surface area (Å²) in [6, 6.07) is 83.3. The molecular formula is C60H46N2. The number of hydrogen-bond donors (Lipinski definition) is 0. The molecule has 0 aliphatic carbocycles. The Labute approximate surface area is 364 Å². The van der Waals surface area contributed by atoms with Crippen molar-refractivity contribution < 1.29 is 0 Å². The molecule has 2 nitrogen and oxygen atoms in total. The Hall–Kier alpha value is -7.94. The molecule has 62 heavy (non-hydrogen) atoms. The van der Waals surface area contributed by atoms with Crippen molar-refractivity contribution in [3.8, 4) is 22.3 Å². The van der Waals surface area contributed by atoms with Crippen molar-refractivity contribution >= 4 is 67.8 Å². The van der Waals surface area contributed by atoms with Gasteiger partial charge < -0.3 is 9.80 Å². The molecule has 296 valence electrons. The topological polar surface area (TPSA) is 6.48 Å². The monoisotopic (exact) mass is 794 g/mol. The van der Waals surface area contributed by atoms with Crippen LogP contribution in [0.1, 0.15) is 22.3 Å². The second-order valence-electron chi connectivity index (χ2n) is 16.1. The molecule has 0 amide bonds. The van der Waals surface area contributed by atoms with Crippen LogP contribution in [0.15, 0.2) is 231 Å². The molecule has 0 aliphatic heterocycles. The fraction of sp³-hybridized carbons (Fsp3) is 0.0333. The Morgan fingerprint density at radius 2 is 0.597 bits per heavy atom. The van der Waals surface area contributed by atoms with E-state index in [4.69, 9.17) is 0 Å². The van der Waals surface area contributed by atoms with Crippen LogP contribution in [0.25, 0.3) is 56.0 Å². The quantitative estimate of drug-likeness (QED) is 0.127. The van der Waals surface area contributed by atoms with E-state index in [1.807, 2.05) is 0 Å². The van der Waals surface area contributed by atoms with Crippen molar-refractivity contribution in [2.45, 2.75) is 13.8 Å². The highest BCUT2D eigenvalue weighted by molar-refractivity contribution is 5.91. The van der Waals surface area contributed by atoms with E-state index in [0.717, 1.165) is 45.3 Å². The van der Waals surface area contributed by atoms with E-state index in [0.29, 0.717) is 0 Å². The number of rotatable bonds is 10. The number of fused-ring (bicyclic) bond motifs is 2. The van der Waals surface area contributed by atoms with Gasteiger partial charge in [0.25, 0.3) is 0 Å². The van der Waals surface area contributed by atoms with Crippen molar-refractivity contribution in [3.05, 3.63) is 253 Å². The third-order valence-electron chi connectivity index (χ3n) is 11.7. The third kappa shape index (κ3) is 8.15. The molecule has 0 saturated heterocycles. The van der Waals surface area contributed by atoms with E-state index in [1.54, 1.807) is 0 Å². The summed E-state index contributed by atoms with van der Waals surface area (Å²) in [7, 11) is 0. The number of para-hydroxylation sites is 1. The highest BCUT2D eigenvalue weighted by Gasteiger charge is 2.16. The fourth-order valence-electron chi connectivity index (χ4n) is 8.55. The van der Waals surface area contributed by atoms with Crippen LogP contribution in [0.5, 0.6) is 0 Å². The first kappa shape index (κ1) is 38.3. The van der Waals surface area contributed by atoms with E-state index < -0.39 is 0 Å². The van der Waals surface area contributed by atoms with Crippen LogP contribution in [0.3, 0.4) is 0 Å². The van der Waals surface area contributed by atoms with Gasteiger partial charge >= 0.3 is 0 Å². The van der Waals surface area contributed by atoms with Crippen LogP contribution in [-0.4, -0.2) is 0 Å². The number of aryl methyl sites for hydroxylation is 2. The second-order valence-corrected chi connectivity index (χ2v) is 16.1. The Morgan fingerprint density at radius 3 is 1.03 bits per heavy atom. The van der Waals surface area contributed by atoms with Crippen LogP contribution >= 0.6 is 0 Å². The lowest BCUT2D eigenvalue weighted by molar-refractivity contribution is 1.26. The number of nitrogens with zero attached hydrogens (tertiary/aromatic N) is 2. The molecule has 0 spiro atoms. The van der Waals surface area contributed by atoms with Crippen LogP contribution in [0.4, 0.5) is 34.1 Å². The van der Waals surface area contributed by atoms with Crippen molar-refractivity contribution in [2.24, 2.45) is 0 Å². The molecule has 10 aromatic carbocycles. The molecule has 10 rings (SSSR count). The van der Waals surface area contributed by atoms with Crippen LogP contribution in [0, 0.1) is 13.8 Å². The first-order chi connectivity index (χ1) is 30.5. The van der Waals surface area contributed by atoms with Gasteiger partial charge in [-0.25, -0.2) is 0 Å². The van der Waals surface area contributed by atoms with Crippen LogP contribution in [-0.2, 0) is 0 Å². The molecule has 0 fully saturated rings. The number of benzene rings is 10. The summed E-state index contributed by atoms with van der Waals surface area (Å²) in [4.78, 5) is 4.68. The van der Waals surface area contributed by atoms with Gasteiger partial charge in [-0.15, -0.1) is 0 Å². The predicted octanol–water partition coefficient (Wildman–Crippen LogP) is 17.1. The van der Waals surface area contributed by atoms with Gasteiger partial charge in [0, 0.05) is 34.1 Å². The minimum absolute atomic E-state index is 1.12. The average Bonchev–Trinajstić information content (AvgIpc) is 3.32. The molecule has 0 heterocycles. The number of hydrogen-bond acceptors (Lipinski definition) is 2. The second kappa shape index (κ2) is 17.0. The van der Waals surface area contributed by atoms with Gasteiger partial charge in [-0.3, -0.25) is 0 Å². The van der Waals surface area contributed by atoms with Crippen molar-refractivity contribution in [1.29, 1.82) is 0 Å². The zero-order valence-corrected chi connectivity index (χ0v) is 35.0. The molecule has 0 N–H and O–H groups in total. The summed E-state index contributed by atoms with van der Waals surface area (Å²) >= 11 is 0. The molecule has 0 aliphatic rings. The molecule has 0 atom stereocenters. The standard InChI is InChI=1S/C60H46N2/c1-43-38-44(2)40-60(39-43)62(59-37-31-48-11-7-9-13-54(48)42-59)57-34-28-52(29-35-57)50-24-20-46(21-25-50)17-16-45-18-22-49(23-19-45)51-26-32-56(33-27-51)61(55-14-4-3-5-15-55)58-36-30-47-10-6-8-12-53(47)41-58/h3-42H,1-2H3/b17-16+. The zero-order valence-electron chi connectivity index (χ0n) is 35.0. The number of anilines is 6. The molecule has 0 saturated carbocycles. The molecule has 10 aromatic rings. The first-order valence-electron chi connectivity index (χ1n) is 21.3. The maximum Gasteiger partial charge on any atom is 0.0468 e. The maximum atomic E-state index is 2.36. The Morgan fingerprint density at radius 1 is 0.258 bits per heavy atom. The normalized spacial score (nSPS) is 11.3. The van der Waals surface area contributed by atoms with Gasteiger partial charge in [0.15, 0.2) is 0 Å². The molecule has 0 unspecified atom stereocenters. The smallest absolute Gasteiger partial charge is 0.0468 e. The Bertz CT molecular complexity index is 3140. The lowest BCUT2D eigenvalue weighted by Gasteiger charge is -2.27. The Kier molecular flexibility index (Phi) is 10.5. The summed E-state index contributed by atoms with van der Waals surface area (Å²) in [6.07, 6.45) is 4.37. The summed E-state index contributed by atoms with van der Waals surface area (Å²) in [5.74, 6) is 0. The minimum atomic E-state index is 1.12. The van der Waals surface area contributed by atoms with Gasteiger partial charge in [-0.05, 0) is 153 Å². The molecular weight excluding hydrogens is 749 g/mol. The van der Waals surface area contributed by atoms with E-state index in [1.165, 1.54) is 54.9 Å². The summed E-state index contributed by atoms with van der Waals surface area (Å²) in [5, 5.41) is 4.94. The average molecular weight is 795 g/mol. The lowest BCUT2D eigenvalue weighted by atomic mass is 10.0. The first-order valence-corrected chi connectivity index (χ1v) is 21.3. The van der Waals surface area contributed by atoms with Gasteiger partial charge in [-0.1, -0.05) is 170 Å². The van der Waals surface area contributed by atoms with E-state index in [-0.39, 0.29) is 0 Å². The molecule has 0 bridgehead atoms. The fourth-order valence-corrected chi connectivity index (χ4v) is 8.55. The third-order valence-corrected chi connectivity index (χ3v) is 11.7. The summed E-state index contributed by atoms with van der Waals surface area (Å²) < 4.78 is 0. The van der Waals surface area contributed by atoms with Gasteiger partial charge in [0.05, 0.1) is 0 Å². The van der Waals surface area contributed by atoms with Gasteiger partial charge in [0.2, 0.25) is 0 Å². The van der Waals surface area contributed by atoms with Crippen molar-refractivity contribution in [2.75, 3.05) is 9.80 Å². The minimum Gasteiger partial charge on any atom is -0.310 e. The van der Waals surface area contributed by atoms with Gasteiger partial charge in [0.1, 0.15) is 0 Å². The maximum absolute atomic E-state index is 2.36. The SMILES string of the molecule is Cc1cc(C)cc(N(c2ccc(-c3ccc(/C=C/c4ccc(-c5ccc(N(c6ccccc6)c6ccc7ccccc7c6)cc5)cc4)cc3)cc2)c2ccc3ccccc3c2)c1. The van der Waals surface area contributed by atoms with E-state index >= 15 is 0 Å². The lowest BCUT2D eigenvalue weighted by Crippen LogP contribution is -2.10. The van der Waals surface area contributed by atoms with Crippen molar-refractivity contribution in [1.82, 2.24) is 0 Å². The van der Waals surface area contributed by atoms with E-state index in [2.05, 4.69) is 266 Å². The Balaban J connectivity index is 0.835. The van der Waals surface area contributed by atoms with Crippen LogP contribution in [0.2, 0.25) is 0 Å². The summed E-state index contributed by atoms with van der Waals surface area (Å²) in [6.45, 7) is 4.34. The highest BCUT2D eigenvalue weighted by atomic mass is 15.1. The zero-order chi connectivity index (χ0) is 41.8. The molecule has 0 radical (unpaired) electrons. The summed E-state index contributed by atoms with van der Waals surface area (Å²) in [5.41, 5.74) is 16.4. The largest absolute Gasteiger partial charge is 0.310 e. The van der Waals surface area contributed by atoms with Gasteiger partial charge in [-0.2, -0.15) is 0 Å². The molecule has 2 heteroatoms. The predicted molar refractivity (Wildman–Crippen MR) is 267 cm³/mol. The van der Waals surface area contributed by atoms with Crippen LogP contribution < -0.4 is 9.80 Å².